The van der Waals surface area contributed by atoms with Gasteiger partial charge in [0.15, 0.2) is 5.82 Å². The number of hydrogen-bond donors (Lipinski definition) is 0. The first kappa shape index (κ1) is 16.8. The number of benzene rings is 2. The minimum atomic E-state index is -4.42. The van der Waals surface area contributed by atoms with Crippen molar-refractivity contribution in [3.8, 4) is 11.4 Å². The highest BCUT2D eigenvalue weighted by molar-refractivity contribution is 7.99. The molecule has 4 rings (SSSR count). The maximum Gasteiger partial charge on any atom is 0.416 e. The zero-order valence-electron chi connectivity index (χ0n) is 13.0. The lowest BCUT2D eigenvalue weighted by molar-refractivity contribution is -0.137. The second-order valence-corrected chi connectivity index (χ2v) is 6.48. The number of aromatic nitrogens is 3. The predicted octanol–water partition coefficient (Wildman–Crippen LogP) is 4.46. The Morgan fingerprint density at radius 1 is 0.962 bits per heavy atom. The van der Waals surface area contributed by atoms with Crippen LogP contribution >= 0.6 is 11.8 Å². The third kappa shape index (κ3) is 3.10. The molecule has 1 aliphatic heterocycles. The molecule has 2 heterocycles. The van der Waals surface area contributed by atoms with Crippen molar-refractivity contribution in [2.75, 3.05) is 5.75 Å². The molecule has 3 aromatic rings. The van der Waals surface area contributed by atoms with E-state index < -0.39 is 11.7 Å². The molecule has 4 nitrogen and oxygen atoms in total. The zero-order chi connectivity index (χ0) is 18.3. The van der Waals surface area contributed by atoms with Crippen molar-refractivity contribution in [2.45, 2.75) is 11.3 Å². The van der Waals surface area contributed by atoms with Gasteiger partial charge >= 0.3 is 6.18 Å². The Bertz CT molecular complexity index is 993. The highest BCUT2D eigenvalue weighted by Gasteiger charge is 2.31. The third-order valence-electron chi connectivity index (χ3n) is 3.80. The summed E-state index contributed by atoms with van der Waals surface area (Å²) in [4.78, 5) is 0. The highest BCUT2D eigenvalue weighted by atomic mass is 32.2. The number of halogens is 4. The zero-order valence-corrected chi connectivity index (χ0v) is 13.9. The molecule has 0 saturated carbocycles. The Hall–Kier alpha value is -2.68. The van der Waals surface area contributed by atoms with Crippen molar-refractivity contribution in [2.24, 2.45) is 5.10 Å². The molecule has 0 atom stereocenters. The van der Waals surface area contributed by atoms with Crippen molar-refractivity contribution in [3.63, 3.8) is 0 Å². The van der Waals surface area contributed by atoms with Crippen LogP contribution in [0.3, 0.4) is 0 Å². The number of nitrogens with zero attached hydrogens (tertiary/aromatic N) is 4. The Balaban J connectivity index is 1.76. The van der Waals surface area contributed by atoms with Crippen molar-refractivity contribution in [3.05, 3.63) is 65.5 Å². The summed E-state index contributed by atoms with van der Waals surface area (Å²) in [5.41, 5.74) is 0.754. The van der Waals surface area contributed by atoms with E-state index in [1.165, 1.54) is 34.6 Å². The standard InChI is InChI=1S/C17H10F4N4S/c18-13-6-4-10(5-7-13)15-22-23-16-25(15)24-14(9-26-16)11-2-1-3-12(8-11)17(19,20)21/h1-8H,9H2. The fraction of sp³-hybridized carbons (Fsp3) is 0.118. The minimum absolute atomic E-state index is 0.378. The summed E-state index contributed by atoms with van der Waals surface area (Å²) in [6, 6.07) is 10.7. The summed E-state index contributed by atoms with van der Waals surface area (Å²) in [5.74, 6) is 0.398. The molecule has 1 aromatic heterocycles. The first-order valence-electron chi connectivity index (χ1n) is 7.51. The smallest absolute Gasteiger partial charge is 0.207 e. The molecular weight excluding hydrogens is 368 g/mol. The van der Waals surface area contributed by atoms with Crippen LogP contribution in [0.1, 0.15) is 11.1 Å². The average Bonchev–Trinajstić information content (AvgIpc) is 3.05. The largest absolute Gasteiger partial charge is 0.416 e. The maximum atomic E-state index is 13.1. The van der Waals surface area contributed by atoms with Crippen LogP contribution in [0.4, 0.5) is 17.6 Å². The lowest BCUT2D eigenvalue weighted by Gasteiger charge is -2.15. The van der Waals surface area contributed by atoms with Crippen molar-refractivity contribution >= 4 is 17.5 Å². The van der Waals surface area contributed by atoms with Crippen LogP contribution < -0.4 is 0 Å². The van der Waals surface area contributed by atoms with E-state index in [-0.39, 0.29) is 5.82 Å². The lowest BCUT2D eigenvalue weighted by Crippen LogP contribution is -2.15. The van der Waals surface area contributed by atoms with Gasteiger partial charge in [-0.2, -0.15) is 22.9 Å². The second kappa shape index (κ2) is 6.24. The third-order valence-corrected chi connectivity index (χ3v) is 4.73. The van der Waals surface area contributed by atoms with E-state index in [0.29, 0.717) is 33.6 Å². The van der Waals surface area contributed by atoms with E-state index in [1.54, 1.807) is 18.2 Å². The van der Waals surface area contributed by atoms with Gasteiger partial charge in [0.05, 0.1) is 11.3 Å². The monoisotopic (exact) mass is 378 g/mol. The molecule has 0 unspecified atom stereocenters. The van der Waals surface area contributed by atoms with Crippen LogP contribution in [0.2, 0.25) is 0 Å². The molecule has 0 amide bonds. The van der Waals surface area contributed by atoms with Gasteiger partial charge in [0.2, 0.25) is 5.16 Å². The van der Waals surface area contributed by atoms with Gasteiger partial charge in [0, 0.05) is 11.3 Å². The average molecular weight is 378 g/mol. The molecule has 0 N–H and O–H groups in total. The van der Waals surface area contributed by atoms with Crippen LogP contribution in [-0.4, -0.2) is 26.3 Å². The van der Waals surface area contributed by atoms with Crippen molar-refractivity contribution < 1.29 is 17.6 Å². The fourth-order valence-corrected chi connectivity index (χ4v) is 3.36. The van der Waals surface area contributed by atoms with Gasteiger partial charge in [-0.15, -0.1) is 10.2 Å². The SMILES string of the molecule is Fc1ccc(-c2nnc3n2N=C(c2cccc(C(F)(F)F)c2)CS3)cc1. The fourth-order valence-electron chi connectivity index (χ4n) is 2.52. The molecule has 0 spiro atoms. The highest BCUT2D eigenvalue weighted by Crippen LogP contribution is 2.32. The molecule has 1 aliphatic rings. The number of rotatable bonds is 2. The lowest BCUT2D eigenvalue weighted by atomic mass is 10.1. The normalized spacial score (nSPS) is 14.1. The molecule has 0 radical (unpaired) electrons. The Morgan fingerprint density at radius 3 is 2.46 bits per heavy atom. The number of hydrogen-bond acceptors (Lipinski definition) is 4. The molecular formula is C17H10F4N4S. The van der Waals surface area contributed by atoms with Gasteiger partial charge in [-0.05, 0) is 42.0 Å². The van der Waals surface area contributed by atoms with Crippen molar-refractivity contribution in [1.29, 1.82) is 0 Å². The van der Waals surface area contributed by atoms with E-state index >= 15 is 0 Å². The van der Waals surface area contributed by atoms with Gasteiger partial charge in [0.25, 0.3) is 0 Å². The van der Waals surface area contributed by atoms with Gasteiger partial charge < -0.3 is 0 Å². The molecule has 0 saturated heterocycles. The molecule has 2 aromatic carbocycles. The Morgan fingerprint density at radius 2 is 1.73 bits per heavy atom. The Kier molecular flexibility index (Phi) is 4.03. The van der Waals surface area contributed by atoms with Gasteiger partial charge in [-0.3, -0.25) is 0 Å². The summed E-state index contributed by atoms with van der Waals surface area (Å²) >= 11 is 1.33. The number of fused-ring (bicyclic) bond motifs is 1. The van der Waals surface area contributed by atoms with Gasteiger partial charge in [-0.1, -0.05) is 23.9 Å². The van der Waals surface area contributed by atoms with Crippen LogP contribution in [0, 0.1) is 5.82 Å². The molecule has 0 bridgehead atoms. The van der Waals surface area contributed by atoms with Crippen LogP contribution in [0.15, 0.2) is 58.8 Å². The topological polar surface area (TPSA) is 43.1 Å². The molecule has 0 aliphatic carbocycles. The Labute approximate surface area is 149 Å². The van der Waals surface area contributed by atoms with Crippen LogP contribution in [0.5, 0.6) is 0 Å². The van der Waals surface area contributed by atoms with E-state index in [9.17, 15) is 17.6 Å². The first-order chi connectivity index (χ1) is 12.4. The quantitative estimate of drug-likeness (QED) is 0.619. The van der Waals surface area contributed by atoms with Gasteiger partial charge in [-0.25, -0.2) is 4.39 Å². The molecule has 0 fully saturated rings. The second-order valence-electron chi connectivity index (χ2n) is 5.54. The summed E-state index contributed by atoms with van der Waals surface area (Å²) in [7, 11) is 0. The maximum absolute atomic E-state index is 13.1. The first-order valence-corrected chi connectivity index (χ1v) is 8.50. The van der Waals surface area contributed by atoms with E-state index in [2.05, 4.69) is 15.3 Å². The minimum Gasteiger partial charge on any atom is -0.207 e. The van der Waals surface area contributed by atoms with Crippen molar-refractivity contribution in [1.82, 2.24) is 14.9 Å². The summed E-state index contributed by atoms with van der Waals surface area (Å²) < 4.78 is 53.4. The number of alkyl halides is 3. The van der Waals surface area contributed by atoms with Crippen LogP contribution in [0.25, 0.3) is 11.4 Å². The molecule has 132 valence electrons. The van der Waals surface area contributed by atoms with Gasteiger partial charge in [0.1, 0.15) is 5.82 Å². The van der Waals surface area contributed by atoms with E-state index in [0.717, 1.165) is 12.1 Å². The summed E-state index contributed by atoms with van der Waals surface area (Å²) in [6.45, 7) is 0. The summed E-state index contributed by atoms with van der Waals surface area (Å²) in [6.07, 6.45) is -4.42. The molecule has 9 heteroatoms. The molecule has 26 heavy (non-hydrogen) atoms. The number of thioether (sulfide) groups is 1. The van der Waals surface area contributed by atoms with E-state index in [4.69, 9.17) is 0 Å². The van der Waals surface area contributed by atoms with Crippen LogP contribution in [-0.2, 0) is 6.18 Å². The predicted molar refractivity (Wildman–Crippen MR) is 89.5 cm³/mol. The van der Waals surface area contributed by atoms with E-state index in [1.807, 2.05) is 0 Å². The summed E-state index contributed by atoms with van der Waals surface area (Å²) in [5, 5.41) is 13.1.